The molecule has 0 aliphatic heterocycles. The van der Waals surface area contributed by atoms with Gasteiger partial charge in [-0.15, -0.1) is 11.3 Å². The third kappa shape index (κ3) is 0.827. The lowest BCUT2D eigenvalue weighted by Gasteiger charge is -1.86. The van der Waals surface area contributed by atoms with Crippen LogP contribution in [-0.4, -0.2) is 10.2 Å². The van der Waals surface area contributed by atoms with Crippen LogP contribution in [0.4, 0.5) is 0 Å². The second-order valence-electron chi connectivity index (χ2n) is 1.44. The first kappa shape index (κ1) is 5.59. The standard InChI is InChI=1S/C5H6O2S/c6-1-4-2-8-3-5(4)7/h2-3,6-7H,1H2. The maximum atomic E-state index is 8.80. The second kappa shape index (κ2) is 2.15. The largest absolute Gasteiger partial charge is 0.507 e. The summed E-state index contributed by atoms with van der Waals surface area (Å²) in [7, 11) is 0. The summed E-state index contributed by atoms with van der Waals surface area (Å²) in [5.74, 6) is 0.192. The van der Waals surface area contributed by atoms with Gasteiger partial charge in [0.1, 0.15) is 5.75 Å². The molecule has 0 amide bonds. The van der Waals surface area contributed by atoms with E-state index in [1.165, 1.54) is 11.3 Å². The number of aliphatic hydroxyl groups excluding tert-OH is 1. The Hall–Kier alpha value is -0.540. The molecule has 2 N–H and O–H groups in total. The Kier molecular flexibility index (Phi) is 1.50. The molecule has 1 rings (SSSR count). The number of aliphatic hydroxyl groups is 1. The van der Waals surface area contributed by atoms with Crippen LogP contribution in [0.1, 0.15) is 5.56 Å². The van der Waals surface area contributed by atoms with Crippen molar-refractivity contribution in [2.24, 2.45) is 0 Å². The van der Waals surface area contributed by atoms with Crippen molar-refractivity contribution in [1.82, 2.24) is 0 Å². The minimum Gasteiger partial charge on any atom is -0.507 e. The molecular formula is C5H6O2S. The highest BCUT2D eigenvalue weighted by atomic mass is 32.1. The van der Waals surface area contributed by atoms with E-state index in [0.29, 0.717) is 5.56 Å². The summed E-state index contributed by atoms with van der Waals surface area (Å²) in [6.45, 7) is -0.0741. The third-order valence-electron chi connectivity index (χ3n) is 0.889. The lowest BCUT2D eigenvalue weighted by molar-refractivity contribution is 0.276. The van der Waals surface area contributed by atoms with Gasteiger partial charge in [0, 0.05) is 16.3 Å². The van der Waals surface area contributed by atoms with E-state index in [1.807, 2.05) is 0 Å². The normalized spacial score (nSPS) is 9.62. The first-order valence-corrected chi connectivity index (χ1v) is 3.13. The molecule has 0 saturated carbocycles. The fourth-order valence-corrected chi connectivity index (χ4v) is 1.14. The van der Waals surface area contributed by atoms with Crippen LogP contribution in [-0.2, 0) is 6.61 Å². The Morgan fingerprint density at radius 1 is 1.50 bits per heavy atom. The lowest BCUT2D eigenvalue weighted by Crippen LogP contribution is -1.75. The van der Waals surface area contributed by atoms with E-state index in [2.05, 4.69) is 0 Å². The topological polar surface area (TPSA) is 40.5 Å². The molecular weight excluding hydrogens is 124 g/mol. The zero-order valence-corrected chi connectivity index (χ0v) is 4.98. The van der Waals surface area contributed by atoms with Crippen molar-refractivity contribution in [3.05, 3.63) is 16.3 Å². The third-order valence-corrected chi connectivity index (χ3v) is 1.67. The molecule has 0 aliphatic carbocycles. The van der Waals surface area contributed by atoms with Crippen molar-refractivity contribution in [1.29, 1.82) is 0 Å². The van der Waals surface area contributed by atoms with E-state index in [4.69, 9.17) is 10.2 Å². The Bertz CT molecular complexity index is 171. The number of hydrogen-bond donors (Lipinski definition) is 2. The summed E-state index contributed by atoms with van der Waals surface area (Å²) < 4.78 is 0. The molecule has 0 atom stereocenters. The van der Waals surface area contributed by atoms with Gasteiger partial charge in [-0.3, -0.25) is 0 Å². The molecule has 0 aromatic carbocycles. The maximum Gasteiger partial charge on any atom is 0.131 e. The number of hydrogen-bond acceptors (Lipinski definition) is 3. The van der Waals surface area contributed by atoms with Gasteiger partial charge in [-0.25, -0.2) is 0 Å². The average Bonchev–Trinajstić information content (AvgIpc) is 2.14. The molecule has 0 unspecified atom stereocenters. The molecule has 0 radical (unpaired) electrons. The van der Waals surface area contributed by atoms with Crippen LogP contribution in [0.5, 0.6) is 5.75 Å². The van der Waals surface area contributed by atoms with E-state index >= 15 is 0 Å². The van der Waals surface area contributed by atoms with Crippen molar-refractivity contribution in [3.63, 3.8) is 0 Å². The van der Waals surface area contributed by atoms with Crippen molar-refractivity contribution in [3.8, 4) is 5.75 Å². The van der Waals surface area contributed by atoms with Gasteiger partial charge in [0.15, 0.2) is 0 Å². The fraction of sp³-hybridized carbons (Fsp3) is 0.200. The quantitative estimate of drug-likeness (QED) is 0.594. The predicted octanol–water partition coefficient (Wildman–Crippen LogP) is 0.946. The van der Waals surface area contributed by atoms with Crippen LogP contribution >= 0.6 is 11.3 Å². The summed E-state index contributed by atoms with van der Waals surface area (Å²) in [4.78, 5) is 0. The molecule has 44 valence electrons. The highest BCUT2D eigenvalue weighted by Crippen LogP contribution is 2.20. The maximum absolute atomic E-state index is 8.80. The van der Waals surface area contributed by atoms with Crippen molar-refractivity contribution in [2.45, 2.75) is 6.61 Å². The van der Waals surface area contributed by atoms with Gasteiger partial charge in [-0.05, 0) is 0 Å². The van der Waals surface area contributed by atoms with Gasteiger partial charge in [0.25, 0.3) is 0 Å². The lowest BCUT2D eigenvalue weighted by atomic mass is 10.3. The Morgan fingerprint density at radius 2 is 2.25 bits per heavy atom. The van der Waals surface area contributed by atoms with E-state index < -0.39 is 0 Å². The van der Waals surface area contributed by atoms with Crippen molar-refractivity contribution >= 4 is 11.3 Å². The molecule has 0 saturated heterocycles. The Balaban J connectivity index is 2.92. The number of rotatable bonds is 1. The molecule has 1 aromatic rings. The van der Waals surface area contributed by atoms with E-state index in [9.17, 15) is 0 Å². The molecule has 0 fully saturated rings. The summed E-state index contributed by atoms with van der Waals surface area (Å²) in [6.07, 6.45) is 0. The molecule has 0 aliphatic rings. The van der Waals surface area contributed by atoms with Gasteiger partial charge in [-0.1, -0.05) is 0 Å². The van der Waals surface area contributed by atoms with E-state index in [0.717, 1.165) is 0 Å². The van der Waals surface area contributed by atoms with Gasteiger partial charge in [-0.2, -0.15) is 0 Å². The monoisotopic (exact) mass is 130 g/mol. The zero-order chi connectivity index (χ0) is 5.98. The second-order valence-corrected chi connectivity index (χ2v) is 2.18. The molecule has 0 bridgehead atoms. The Labute approximate surface area is 51.0 Å². The molecule has 3 heteroatoms. The fourth-order valence-electron chi connectivity index (χ4n) is 0.435. The highest BCUT2D eigenvalue weighted by Gasteiger charge is 1.96. The summed E-state index contributed by atoms with van der Waals surface area (Å²) >= 11 is 1.38. The van der Waals surface area contributed by atoms with Crippen LogP contribution in [0.15, 0.2) is 10.8 Å². The van der Waals surface area contributed by atoms with E-state index in [1.54, 1.807) is 10.8 Å². The van der Waals surface area contributed by atoms with Crippen LogP contribution < -0.4 is 0 Å². The number of thiophene rings is 1. The first-order valence-electron chi connectivity index (χ1n) is 2.19. The van der Waals surface area contributed by atoms with Crippen molar-refractivity contribution < 1.29 is 10.2 Å². The Morgan fingerprint density at radius 3 is 2.50 bits per heavy atom. The molecule has 1 aromatic heterocycles. The first-order chi connectivity index (χ1) is 3.84. The highest BCUT2D eigenvalue weighted by molar-refractivity contribution is 7.08. The van der Waals surface area contributed by atoms with Gasteiger partial charge in [0.05, 0.1) is 6.61 Å². The van der Waals surface area contributed by atoms with Crippen molar-refractivity contribution in [2.75, 3.05) is 0 Å². The molecule has 8 heavy (non-hydrogen) atoms. The smallest absolute Gasteiger partial charge is 0.131 e. The predicted molar refractivity (Wildman–Crippen MR) is 31.9 cm³/mol. The van der Waals surface area contributed by atoms with Gasteiger partial charge >= 0.3 is 0 Å². The summed E-state index contributed by atoms with van der Waals surface area (Å²) in [5.41, 5.74) is 0.606. The van der Waals surface area contributed by atoms with E-state index in [-0.39, 0.29) is 12.4 Å². The zero-order valence-electron chi connectivity index (χ0n) is 4.16. The summed E-state index contributed by atoms with van der Waals surface area (Å²) in [6, 6.07) is 0. The average molecular weight is 130 g/mol. The molecule has 1 heterocycles. The molecule has 0 spiro atoms. The minimum absolute atomic E-state index is 0.0741. The van der Waals surface area contributed by atoms with Crippen LogP contribution in [0.3, 0.4) is 0 Å². The SMILES string of the molecule is OCc1cscc1O. The van der Waals surface area contributed by atoms with Crippen LogP contribution in [0.2, 0.25) is 0 Å². The molecule has 2 nitrogen and oxygen atoms in total. The van der Waals surface area contributed by atoms with Crippen LogP contribution in [0.25, 0.3) is 0 Å². The van der Waals surface area contributed by atoms with Gasteiger partial charge in [0.2, 0.25) is 0 Å². The van der Waals surface area contributed by atoms with Crippen LogP contribution in [0, 0.1) is 0 Å². The minimum atomic E-state index is -0.0741. The number of aromatic hydroxyl groups is 1. The van der Waals surface area contributed by atoms with Gasteiger partial charge < -0.3 is 10.2 Å². The summed E-state index contributed by atoms with van der Waals surface area (Å²) in [5, 5.41) is 20.6.